The quantitative estimate of drug-likeness (QED) is 0.763. The molecule has 0 atom stereocenters. The molecule has 0 aliphatic carbocycles. The summed E-state index contributed by atoms with van der Waals surface area (Å²) in [7, 11) is 0. The van der Waals surface area contributed by atoms with E-state index in [-0.39, 0.29) is 11.3 Å². The molecule has 2 rings (SSSR count). The van der Waals surface area contributed by atoms with Gasteiger partial charge in [-0.25, -0.2) is 4.98 Å². The highest BCUT2D eigenvalue weighted by atomic mass is 16.2. The average Bonchev–Trinajstić information content (AvgIpc) is 2.52. The second kappa shape index (κ2) is 3.89. The Morgan fingerprint density at radius 1 is 1.44 bits per heavy atom. The number of carbonyl (C=O) groups is 1. The zero-order valence-electron chi connectivity index (χ0n) is 10.2. The number of pyridine rings is 1. The first-order chi connectivity index (χ1) is 7.52. The smallest absolute Gasteiger partial charge is 0.228 e. The van der Waals surface area contributed by atoms with Crippen molar-refractivity contribution in [3.63, 3.8) is 0 Å². The first-order valence-corrected chi connectivity index (χ1v) is 5.77. The molecule has 0 unspecified atom stereocenters. The highest BCUT2D eigenvalue weighted by molar-refractivity contribution is 5.95. The van der Waals surface area contributed by atoms with Crippen LogP contribution in [-0.4, -0.2) is 17.4 Å². The van der Waals surface area contributed by atoms with Gasteiger partial charge in [-0.15, -0.1) is 0 Å². The lowest BCUT2D eigenvalue weighted by molar-refractivity contribution is -0.117. The molecule has 1 aromatic heterocycles. The molecule has 0 bridgehead atoms. The first-order valence-electron chi connectivity index (χ1n) is 5.77. The largest absolute Gasteiger partial charge is 0.296 e. The molecule has 0 saturated carbocycles. The van der Waals surface area contributed by atoms with Gasteiger partial charge >= 0.3 is 0 Å². The summed E-state index contributed by atoms with van der Waals surface area (Å²) in [5.74, 6) is 0.967. The van der Waals surface area contributed by atoms with Gasteiger partial charge in [0.25, 0.3) is 0 Å². The topological polar surface area (TPSA) is 33.2 Å². The Morgan fingerprint density at radius 2 is 2.19 bits per heavy atom. The van der Waals surface area contributed by atoms with E-state index in [1.54, 1.807) is 4.90 Å². The SMILES string of the molecule is CCc1ccc(N2CC(C)(C)CC2=O)nc1. The van der Waals surface area contributed by atoms with Crippen molar-refractivity contribution < 1.29 is 4.79 Å². The second-order valence-electron chi connectivity index (χ2n) is 5.20. The molecule has 2 heterocycles. The van der Waals surface area contributed by atoms with E-state index in [2.05, 4.69) is 25.8 Å². The fourth-order valence-electron chi connectivity index (χ4n) is 2.07. The minimum atomic E-state index is 0.0716. The molecule has 0 spiro atoms. The van der Waals surface area contributed by atoms with Gasteiger partial charge in [-0.1, -0.05) is 26.8 Å². The van der Waals surface area contributed by atoms with Gasteiger partial charge < -0.3 is 0 Å². The zero-order chi connectivity index (χ0) is 11.8. The maximum atomic E-state index is 11.8. The number of aromatic nitrogens is 1. The normalized spacial score (nSPS) is 19.2. The first kappa shape index (κ1) is 11.1. The highest BCUT2D eigenvalue weighted by Gasteiger charge is 2.36. The summed E-state index contributed by atoms with van der Waals surface area (Å²) >= 11 is 0. The monoisotopic (exact) mass is 218 g/mol. The van der Waals surface area contributed by atoms with Crippen molar-refractivity contribution in [2.24, 2.45) is 5.41 Å². The summed E-state index contributed by atoms with van der Waals surface area (Å²) in [6.07, 6.45) is 3.45. The van der Waals surface area contributed by atoms with Crippen LogP contribution in [0.25, 0.3) is 0 Å². The molecule has 0 radical (unpaired) electrons. The van der Waals surface area contributed by atoms with Gasteiger partial charge in [-0.2, -0.15) is 0 Å². The van der Waals surface area contributed by atoms with E-state index in [1.165, 1.54) is 5.56 Å². The maximum Gasteiger partial charge on any atom is 0.228 e. The number of nitrogens with zero attached hydrogens (tertiary/aromatic N) is 2. The lowest BCUT2D eigenvalue weighted by atomic mass is 9.93. The van der Waals surface area contributed by atoms with Crippen LogP contribution >= 0.6 is 0 Å². The third-order valence-corrected chi connectivity index (χ3v) is 3.01. The van der Waals surface area contributed by atoms with Crippen molar-refractivity contribution in [2.75, 3.05) is 11.4 Å². The van der Waals surface area contributed by atoms with Crippen LogP contribution < -0.4 is 4.90 Å². The van der Waals surface area contributed by atoms with Crippen LogP contribution in [0.1, 0.15) is 32.8 Å². The van der Waals surface area contributed by atoms with Crippen molar-refractivity contribution >= 4 is 11.7 Å². The minimum absolute atomic E-state index is 0.0716. The van der Waals surface area contributed by atoms with Gasteiger partial charge in [0, 0.05) is 19.2 Å². The molecule has 0 N–H and O–H groups in total. The summed E-state index contributed by atoms with van der Waals surface area (Å²) in [4.78, 5) is 18.0. The molecule has 1 aromatic rings. The molecule has 3 heteroatoms. The fraction of sp³-hybridized carbons (Fsp3) is 0.538. The van der Waals surface area contributed by atoms with Gasteiger partial charge in [-0.3, -0.25) is 9.69 Å². The number of carbonyl (C=O) groups excluding carboxylic acids is 1. The van der Waals surface area contributed by atoms with Crippen LogP contribution in [0.3, 0.4) is 0 Å². The van der Waals surface area contributed by atoms with Crippen LogP contribution in [0.4, 0.5) is 5.82 Å². The summed E-state index contributed by atoms with van der Waals surface area (Å²) in [5, 5.41) is 0. The molecule has 3 nitrogen and oxygen atoms in total. The number of anilines is 1. The summed E-state index contributed by atoms with van der Waals surface area (Å²) in [6.45, 7) is 7.10. The van der Waals surface area contributed by atoms with Crippen LogP contribution in [0.2, 0.25) is 0 Å². The molecule has 1 aliphatic rings. The Morgan fingerprint density at radius 3 is 2.62 bits per heavy atom. The molecule has 16 heavy (non-hydrogen) atoms. The Kier molecular flexibility index (Phi) is 2.70. The van der Waals surface area contributed by atoms with E-state index in [4.69, 9.17) is 0 Å². The van der Waals surface area contributed by atoms with Crippen molar-refractivity contribution in [3.05, 3.63) is 23.9 Å². The number of aryl methyl sites for hydroxylation is 1. The number of amides is 1. The van der Waals surface area contributed by atoms with Crippen LogP contribution in [0, 0.1) is 5.41 Å². The van der Waals surface area contributed by atoms with Gasteiger partial charge in [0.15, 0.2) is 0 Å². The summed E-state index contributed by atoms with van der Waals surface area (Å²) in [5.41, 5.74) is 1.28. The van der Waals surface area contributed by atoms with Gasteiger partial charge in [0.05, 0.1) is 0 Å². The molecular formula is C13H18N2O. The third kappa shape index (κ3) is 2.08. The van der Waals surface area contributed by atoms with E-state index < -0.39 is 0 Å². The maximum absolute atomic E-state index is 11.8. The molecule has 86 valence electrons. The third-order valence-electron chi connectivity index (χ3n) is 3.01. The molecule has 1 amide bonds. The Labute approximate surface area is 96.5 Å². The van der Waals surface area contributed by atoms with E-state index in [1.807, 2.05) is 18.3 Å². The average molecular weight is 218 g/mol. The van der Waals surface area contributed by atoms with Crippen molar-refractivity contribution in [1.82, 2.24) is 4.98 Å². The standard InChI is InChI=1S/C13H18N2O/c1-4-10-5-6-11(14-8-10)15-9-13(2,3)7-12(15)16/h5-6,8H,4,7,9H2,1-3H3. The van der Waals surface area contributed by atoms with Gasteiger partial charge in [0.1, 0.15) is 5.82 Å². The van der Waals surface area contributed by atoms with E-state index in [0.717, 1.165) is 18.8 Å². The van der Waals surface area contributed by atoms with Gasteiger partial charge in [0.2, 0.25) is 5.91 Å². The molecule has 1 aliphatic heterocycles. The fourth-order valence-corrected chi connectivity index (χ4v) is 2.07. The Bertz CT molecular complexity index is 395. The molecule has 0 aromatic carbocycles. The lowest BCUT2D eigenvalue weighted by Crippen LogP contribution is -2.26. The van der Waals surface area contributed by atoms with E-state index in [9.17, 15) is 4.79 Å². The van der Waals surface area contributed by atoms with Crippen molar-refractivity contribution in [1.29, 1.82) is 0 Å². The van der Waals surface area contributed by atoms with Crippen molar-refractivity contribution in [2.45, 2.75) is 33.6 Å². The zero-order valence-corrected chi connectivity index (χ0v) is 10.2. The predicted octanol–water partition coefficient (Wildman–Crippen LogP) is 2.41. The molecule has 1 fully saturated rings. The Balaban J connectivity index is 2.21. The van der Waals surface area contributed by atoms with Crippen LogP contribution in [0.15, 0.2) is 18.3 Å². The molecule has 1 saturated heterocycles. The van der Waals surface area contributed by atoms with E-state index >= 15 is 0 Å². The van der Waals surface area contributed by atoms with Gasteiger partial charge in [-0.05, 0) is 23.5 Å². The summed E-state index contributed by atoms with van der Waals surface area (Å²) < 4.78 is 0. The Hall–Kier alpha value is -1.38. The van der Waals surface area contributed by atoms with Crippen molar-refractivity contribution in [3.8, 4) is 0 Å². The number of rotatable bonds is 2. The molecular weight excluding hydrogens is 200 g/mol. The predicted molar refractivity (Wildman–Crippen MR) is 64.4 cm³/mol. The van der Waals surface area contributed by atoms with E-state index in [0.29, 0.717) is 6.42 Å². The summed E-state index contributed by atoms with van der Waals surface area (Å²) in [6, 6.07) is 3.99. The number of hydrogen-bond acceptors (Lipinski definition) is 2. The minimum Gasteiger partial charge on any atom is -0.296 e. The number of hydrogen-bond donors (Lipinski definition) is 0. The lowest BCUT2D eigenvalue weighted by Gasteiger charge is -2.18. The second-order valence-corrected chi connectivity index (χ2v) is 5.20. The van der Waals surface area contributed by atoms with Crippen LogP contribution in [0.5, 0.6) is 0 Å². The van der Waals surface area contributed by atoms with Crippen LogP contribution in [-0.2, 0) is 11.2 Å². The highest BCUT2D eigenvalue weighted by Crippen LogP contribution is 2.32.